The van der Waals surface area contributed by atoms with Crippen molar-refractivity contribution in [2.75, 3.05) is 0 Å². The molecule has 2 atom stereocenters. The molecule has 108 valence electrons. The number of carboxylic acid groups (broad SMARTS) is 1. The van der Waals surface area contributed by atoms with Gasteiger partial charge in [-0.3, -0.25) is 9.59 Å². The zero-order chi connectivity index (χ0) is 14.5. The van der Waals surface area contributed by atoms with E-state index in [-0.39, 0.29) is 18.1 Å². The highest BCUT2D eigenvalue weighted by Gasteiger charge is 2.30. The molecule has 0 aromatic heterocycles. The molecule has 2 rings (SSSR count). The van der Waals surface area contributed by atoms with E-state index in [2.05, 4.69) is 0 Å². The molecule has 1 aliphatic rings. The summed E-state index contributed by atoms with van der Waals surface area (Å²) in [6.07, 6.45) is 2.09. The first kappa shape index (κ1) is 14.9. The zero-order valence-electron chi connectivity index (χ0n) is 11.0. The molecule has 0 bridgehead atoms. The average molecular weight is 297 g/mol. The molecule has 1 aliphatic carbocycles. The van der Waals surface area contributed by atoms with Gasteiger partial charge in [0.2, 0.25) is 0 Å². The van der Waals surface area contributed by atoms with Crippen LogP contribution in [0.5, 0.6) is 5.75 Å². The summed E-state index contributed by atoms with van der Waals surface area (Å²) in [5, 5.41) is 9.33. The van der Waals surface area contributed by atoms with Crippen molar-refractivity contribution in [1.29, 1.82) is 0 Å². The van der Waals surface area contributed by atoms with Crippen LogP contribution in [0.4, 0.5) is 0 Å². The van der Waals surface area contributed by atoms with Crippen molar-refractivity contribution in [2.45, 2.75) is 38.2 Å². The predicted octanol–water partition coefficient (Wildman–Crippen LogP) is 3.32. The first-order chi connectivity index (χ1) is 9.54. The Labute approximate surface area is 122 Å². The molecule has 1 fully saturated rings. The van der Waals surface area contributed by atoms with Crippen LogP contribution in [0.2, 0.25) is 5.02 Å². The number of carboxylic acids is 1. The molecule has 2 unspecified atom stereocenters. The van der Waals surface area contributed by atoms with Crippen molar-refractivity contribution in [3.63, 3.8) is 0 Å². The van der Waals surface area contributed by atoms with E-state index in [9.17, 15) is 9.59 Å². The van der Waals surface area contributed by atoms with Crippen LogP contribution in [-0.4, -0.2) is 23.0 Å². The van der Waals surface area contributed by atoms with Crippen LogP contribution < -0.4 is 4.74 Å². The Morgan fingerprint density at radius 2 is 2.05 bits per heavy atom. The maximum Gasteiger partial charge on any atom is 0.303 e. The van der Waals surface area contributed by atoms with E-state index in [1.54, 1.807) is 24.3 Å². The van der Waals surface area contributed by atoms with E-state index >= 15 is 0 Å². The largest absolute Gasteiger partial charge is 0.483 e. The monoisotopic (exact) mass is 296 g/mol. The van der Waals surface area contributed by atoms with Crippen molar-refractivity contribution in [2.24, 2.45) is 5.92 Å². The van der Waals surface area contributed by atoms with Gasteiger partial charge in [-0.25, -0.2) is 0 Å². The fourth-order valence-electron chi connectivity index (χ4n) is 2.44. The Morgan fingerprint density at radius 3 is 2.70 bits per heavy atom. The molecule has 1 saturated carbocycles. The number of halogens is 1. The summed E-state index contributed by atoms with van der Waals surface area (Å²) < 4.78 is 5.70. The lowest BCUT2D eigenvalue weighted by molar-refractivity contribution is -0.137. The van der Waals surface area contributed by atoms with E-state index in [0.29, 0.717) is 30.0 Å². The van der Waals surface area contributed by atoms with Crippen molar-refractivity contribution < 1.29 is 19.4 Å². The van der Waals surface area contributed by atoms with E-state index in [1.165, 1.54) is 0 Å². The molecule has 0 heterocycles. The SMILES string of the molecule is O=C(O)CCC1CCC(=O)C(Oc2ccc(Cl)cc2)C1. The van der Waals surface area contributed by atoms with Crippen LogP contribution in [0, 0.1) is 5.92 Å². The highest BCUT2D eigenvalue weighted by molar-refractivity contribution is 6.30. The minimum atomic E-state index is -0.794. The number of carbonyl (C=O) groups is 2. The molecule has 5 heteroatoms. The van der Waals surface area contributed by atoms with E-state index in [1.807, 2.05) is 0 Å². The van der Waals surface area contributed by atoms with Crippen LogP contribution in [0.3, 0.4) is 0 Å². The second kappa shape index (κ2) is 6.75. The quantitative estimate of drug-likeness (QED) is 0.905. The van der Waals surface area contributed by atoms with E-state index < -0.39 is 12.1 Å². The van der Waals surface area contributed by atoms with Crippen molar-refractivity contribution >= 4 is 23.4 Å². The Balaban J connectivity index is 1.93. The lowest BCUT2D eigenvalue weighted by Crippen LogP contribution is -2.34. The van der Waals surface area contributed by atoms with Crippen LogP contribution in [0.1, 0.15) is 32.1 Å². The first-order valence-corrected chi connectivity index (χ1v) is 7.09. The van der Waals surface area contributed by atoms with Crippen molar-refractivity contribution in [3.05, 3.63) is 29.3 Å². The second-order valence-electron chi connectivity index (χ2n) is 5.10. The second-order valence-corrected chi connectivity index (χ2v) is 5.54. The van der Waals surface area contributed by atoms with E-state index in [0.717, 1.165) is 6.42 Å². The summed E-state index contributed by atoms with van der Waals surface area (Å²) in [7, 11) is 0. The minimum Gasteiger partial charge on any atom is -0.483 e. The first-order valence-electron chi connectivity index (χ1n) is 6.71. The molecule has 0 radical (unpaired) electrons. The average Bonchev–Trinajstić information content (AvgIpc) is 2.42. The zero-order valence-corrected chi connectivity index (χ0v) is 11.8. The van der Waals surface area contributed by atoms with Gasteiger partial charge in [0.1, 0.15) is 5.75 Å². The van der Waals surface area contributed by atoms with Crippen LogP contribution in [0.15, 0.2) is 24.3 Å². The third-order valence-corrected chi connectivity index (χ3v) is 3.82. The normalized spacial score (nSPS) is 22.6. The summed E-state index contributed by atoms with van der Waals surface area (Å²) in [4.78, 5) is 22.5. The predicted molar refractivity (Wildman–Crippen MR) is 75.1 cm³/mol. The van der Waals surface area contributed by atoms with Crippen molar-refractivity contribution in [1.82, 2.24) is 0 Å². The summed E-state index contributed by atoms with van der Waals surface area (Å²) >= 11 is 5.80. The van der Waals surface area contributed by atoms with Crippen molar-refractivity contribution in [3.8, 4) is 5.75 Å². The number of ketones is 1. The number of aliphatic carboxylic acids is 1. The fourth-order valence-corrected chi connectivity index (χ4v) is 2.57. The Kier molecular flexibility index (Phi) is 5.01. The molecule has 1 aromatic carbocycles. The smallest absolute Gasteiger partial charge is 0.303 e. The van der Waals surface area contributed by atoms with Crippen LogP contribution in [0.25, 0.3) is 0 Å². The number of hydrogen-bond acceptors (Lipinski definition) is 3. The third-order valence-electron chi connectivity index (χ3n) is 3.56. The summed E-state index contributed by atoms with van der Waals surface area (Å²) in [6.45, 7) is 0. The van der Waals surface area contributed by atoms with Gasteiger partial charge in [-0.2, -0.15) is 0 Å². The third kappa shape index (κ3) is 4.23. The topological polar surface area (TPSA) is 63.6 Å². The van der Waals surface area contributed by atoms with Crippen LogP contribution in [-0.2, 0) is 9.59 Å². The summed E-state index contributed by atoms with van der Waals surface area (Å²) in [5.74, 6) is 0.149. The number of carbonyl (C=O) groups excluding carboxylic acids is 1. The maximum absolute atomic E-state index is 11.9. The Morgan fingerprint density at radius 1 is 1.35 bits per heavy atom. The number of hydrogen-bond donors (Lipinski definition) is 1. The highest BCUT2D eigenvalue weighted by atomic mass is 35.5. The molecular formula is C15H17ClO4. The van der Waals surface area contributed by atoms with E-state index in [4.69, 9.17) is 21.4 Å². The van der Waals surface area contributed by atoms with Gasteiger partial charge >= 0.3 is 5.97 Å². The molecule has 1 N–H and O–H groups in total. The molecule has 0 amide bonds. The minimum absolute atomic E-state index is 0.0894. The molecule has 0 aliphatic heterocycles. The van der Waals surface area contributed by atoms with Gasteiger partial charge in [-0.05, 0) is 49.4 Å². The summed E-state index contributed by atoms with van der Waals surface area (Å²) in [5.41, 5.74) is 0. The molecule has 20 heavy (non-hydrogen) atoms. The molecule has 0 spiro atoms. The number of benzene rings is 1. The van der Waals surface area contributed by atoms with Gasteiger partial charge < -0.3 is 9.84 Å². The summed E-state index contributed by atoms with van der Waals surface area (Å²) in [6, 6.07) is 6.89. The highest BCUT2D eigenvalue weighted by Crippen LogP contribution is 2.29. The van der Waals surface area contributed by atoms with Gasteiger partial charge in [0, 0.05) is 17.9 Å². The lowest BCUT2D eigenvalue weighted by atomic mass is 9.83. The van der Waals surface area contributed by atoms with Gasteiger partial charge in [0.25, 0.3) is 0 Å². The lowest BCUT2D eigenvalue weighted by Gasteiger charge is -2.28. The number of Topliss-reactive ketones (excluding diaryl/α,β-unsaturated/α-hetero) is 1. The number of ether oxygens (including phenoxy) is 1. The molecule has 1 aromatic rings. The molecule has 0 saturated heterocycles. The van der Waals surface area contributed by atoms with Gasteiger partial charge in [0.05, 0.1) is 0 Å². The standard InChI is InChI=1S/C15H17ClO4/c16-11-3-5-12(6-4-11)20-14-9-10(1-7-13(14)17)2-8-15(18)19/h3-6,10,14H,1-2,7-9H2,(H,18,19). The van der Waals surface area contributed by atoms with Gasteiger partial charge in [0.15, 0.2) is 11.9 Å². The van der Waals surface area contributed by atoms with Crippen LogP contribution >= 0.6 is 11.6 Å². The number of rotatable bonds is 5. The van der Waals surface area contributed by atoms with Gasteiger partial charge in [-0.15, -0.1) is 0 Å². The molecule has 4 nitrogen and oxygen atoms in total. The maximum atomic E-state index is 11.9. The Bertz CT molecular complexity index is 483. The Hall–Kier alpha value is -1.55. The molecular weight excluding hydrogens is 280 g/mol. The fraction of sp³-hybridized carbons (Fsp3) is 0.467. The van der Waals surface area contributed by atoms with Gasteiger partial charge in [-0.1, -0.05) is 11.6 Å².